The highest BCUT2D eigenvalue weighted by atomic mass is 32.1. The van der Waals surface area contributed by atoms with Gasteiger partial charge in [-0.25, -0.2) is 0 Å². The van der Waals surface area contributed by atoms with Crippen molar-refractivity contribution in [2.45, 2.75) is 38.5 Å². The van der Waals surface area contributed by atoms with E-state index in [0.717, 1.165) is 25.6 Å². The van der Waals surface area contributed by atoms with Gasteiger partial charge in [-0.1, -0.05) is 25.8 Å². The van der Waals surface area contributed by atoms with Gasteiger partial charge in [-0.15, -0.1) is 11.3 Å². The molecule has 22 heavy (non-hydrogen) atoms. The number of nitrogens with one attached hydrogen (secondary N) is 2. The van der Waals surface area contributed by atoms with Gasteiger partial charge in [0.1, 0.15) is 0 Å². The summed E-state index contributed by atoms with van der Waals surface area (Å²) in [5.74, 6) is 1.43. The zero-order valence-electron chi connectivity index (χ0n) is 14.0. The lowest BCUT2D eigenvalue weighted by molar-refractivity contribution is 0.289. The van der Waals surface area contributed by atoms with Crippen molar-refractivity contribution in [3.63, 3.8) is 0 Å². The first-order valence-corrected chi connectivity index (χ1v) is 9.38. The summed E-state index contributed by atoms with van der Waals surface area (Å²) in [6.07, 6.45) is 5.50. The highest BCUT2D eigenvalue weighted by Crippen LogP contribution is 2.19. The van der Waals surface area contributed by atoms with Crippen molar-refractivity contribution >= 4 is 17.3 Å². The normalized spacial score (nSPS) is 18.7. The summed E-state index contributed by atoms with van der Waals surface area (Å²) in [5, 5.41) is 9.01. The minimum Gasteiger partial charge on any atom is -0.356 e. The van der Waals surface area contributed by atoms with Gasteiger partial charge in [0.15, 0.2) is 5.96 Å². The Balaban J connectivity index is 1.64. The quantitative estimate of drug-likeness (QED) is 0.625. The summed E-state index contributed by atoms with van der Waals surface area (Å²) in [6, 6.07) is 4.32. The van der Waals surface area contributed by atoms with Gasteiger partial charge in [0.2, 0.25) is 0 Å². The van der Waals surface area contributed by atoms with Crippen molar-refractivity contribution in [1.82, 2.24) is 15.5 Å². The van der Waals surface area contributed by atoms with E-state index in [1.54, 1.807) is 0 Å². The Morgan fingerprint density at radius 1 is 1.27 bits per heavy atom. The molecule has 124 valence electrons. The number of rotatable bonds is 6. The predicted molar refractivity (Wildman–Crippen MR) is 97.0 cm³/mol. The van der Waals surface area contributed by atoms with Crippen LogP contribution in [0.1, 0.15) is 43.4 Å². The lowest BCUT2D eigenvalue weighted by Crippen LogP contribution is -2.42. The van der Waals surface area contributed by atoms with Crippen molar-refractivity contribution in [2.75, 3.05) is 39.8 Å². The van der Waals surface area contributed by atoms with E-state index in [2.05, 4.69) is 45.0 Å². The fourth-order valence-corrected chi connectivity index (χ4v) is 3.62. The highest BCUT2D eigenvalue weighted by Gasteiger charge is 2.10. The van der Waals surface area contributed by atoms with E-state index in [0.29, 0.717) is 5.92 Å². The fraction of sp³-hybridized carbons (Fsp3) is 0.706. The van der Waals surface area contributed by atoms with E-state index in [-0.39, 0.29) is 0 Å². The molecule has 0 amide bonds. The van der Waals surface area contributed by atoms with E-state index < -0.39 is 0 Å². The molecule has 1 unspecified atom stereocenters. The van der Waals surface area contributed by atoms with Gasteiger partial charge in [-0.2, -0.15) is 0 Å². The van der Waals surface area contributed by atoms with Crippen LogP contribution in [0.25, 0.3) is 0 Å². The van der Waals surface area contributed by atoms with Crippen molar-refractivity contribution < 1.29 is 0 Å². The summed E-state index contributed by atoms with van der Waals surface area (Å²) < 4.78 is 0. The summed E-state index contributed by atoms with van der Waals surface area (Å²) >= 11 is 1.82. The number of nitrogens with zero attached hydrogens (tertiary/aromatic N) is 2. The molecule has 1 atom stereocenters. The molecule has 5 heteroatoms. The van der Waals surface area contributed by atoms with E-state index in [4.69, 9.17) is 0 Å². The van der Waals surface area contributed by atoms with Crippen LogP contribution in [0.3, 0.4) is 0 Å². The first kappa shape index (κ1) is 17.3. The summed E-state index contributed by atoms with van der Waals surface area (Å²) in [6.45, 7) is 7.76. The molecule has 0 spiro atoms. The van der Waals surface area contributed by atoms with Crippen molar-refractivity contribution in [3.05, 3.63) is 22.4 Å². The Bertz CT molecular complexity index is 422. The number of likely N-dealkylation sites (tertiary alicyclic amines) is 1. The molecular weight excluding hydrogens is 292 g/mol. The van der Waals surface area contributed by atoms with Gasteiger partial charge in [0.25, 0.3) is 0 Å². The Morgan fingerprint density at radius 2 is 2.05 bits per heavy atom. The second-order valence-corrected chi connectivity index (χ2v) is 7.03. The molecule has 1 aliphatic heterocycles. The van der Waals surface area contributed by atoms with Crippen LogP contribution in [-0.2, 0) is 0 Å². The topological polar surface area (TPSA) is 39.7 Å². The van der Waals surface area contributed by atoms with Crippen LogP contribution in [0.2, 0.25) is 0 Å². The molecule has 2 rings (SSSR count). The SMILES string of the molecule is CN=C(NCCN1CCCCCC1)NCC(C)c1cccs1. The summed E-state index contributed by atoms with van der Waals surface area (Å²) in [7, 11) is 1.84. The smallest absolute Gasteiger partial charge is 0.191 e. The standard InChI is InChI=1S/C17H30N4S/c1-15(16-8-7-13-22-16)14-20-17(18-2)19-9-12-21-10-5-3-4-6-11-21/h7-8,13,15H,3-6,9-12,14H2,1-2H3,(H2,18,19,20). The van der Waals surface area contributed by atoms with Gasteiger partial charge in [-0.05, 0) is 37.4 Å². The number of guanidine groups is 1. The van der Waals surface area contributed by atoms with Gasteiger partial charge < -0.3 is 15.5 Å². The highest BCUT2D eigenvalue weighted by molar-refractivity contribution is 7.10. The first-order valence-electron chi connectivity index (χ1n) is 8.50. The second kappa shape index (κ2) is 9.85. The van der Waals surface area contributed by atoms with Gasteiger partial charge in [-0.3, -0.25) is 4.99 Å². The Kier molecular flexibility index (Phi) is 7.74. The van der Waals surface area contributed by atoms with Crippen molar-refractivity contribution in [1.29, 1.82) is 0 Å². The Hall–Kier alpha value is -1.07. The molecule has 4 nitrogen and oxygen atoms in total. The third-order valence-electron chi connectivity index (χ3n) is 4.25. The van der Waals surface area contributed by atoms with Crippen molar-refractivity contribution in [3.8, 4) is 0 Å². The van der Waals surface area contributed by atoms with E-state index in [1.165, 1.54) is 43.6 Å². The molecule has 1 fully saturated rings. The maximum atomic E-state index is 4.32. The molecular formula is C17H30N4S. The molecule has 1 saturated heterocycles. The largest absolute Gasteiger partial charge is 0.356 e. The molecule has 0 bridgehead atoms. The average molecular weight is 323 g/mol. The molecule has 2 heterocycles. The Labute approximate surface area is 139 Å². The van der Waals surface area contributed by atoms with Crippen LogP contribution >= 0.6 is 11.3 Å². The zero-order chi connectivity index (χ0) is 15.6. The van der Waals surface area contributed by atoms with Crippen molar-refractivity contribution in [2.24, 2.45) is 4.99 Å². The van der Waals surface area contributed by atoms with Crippen LogP contribution in [0.5, 0.6) is 0 Å². The molecule has 0 aliphatic carbocycles. The molecule has 2 N–H and O–H groups in total. The van der Waals surface area contributed by atoms with E-state index >= 15 is 0 Å². The van der Waals surface area contributed by atoms with Crippen LogP contribution in [0.15, 0.2) is 22.5 Å². The summed E-state index contributed by atoms with van der Waals surface area (Å²) in [5.41, 5.74) is 0. The van der Waals surface area contributed by atoms with Crippen LogP contribution in [0.4, 0.5) is 0 Å². The minimum atomic E-state index is 0.518. The van der Waals surface area contributed by atoms with E-state index in [1.807, 2.05) is 18.4 Å². The lowest BCUT2D eigenvalue weighted by Gasteiger charge is -2.21. The van der Waals surface area contributed by atoms with Gasteiger partial charge in [0.05, 0.1) is 0 Å². The number of hydrogen-bond acceptors (Lipinski definition) is 3. The number of aliphatic imine (C=N–C) groups is 1. The van der Waals surface area contributed by atoms with Crippen LogP contribution in [-0.4, -0.2) is 50.6 Å². The van der Waals surface area contributed by atoms with Crippen LogP contribution < -0.4 is 10.6 Å². The third kappa shape index (κ3) is 5.97. The summed E-state index contributed by atoms with van der Waals surface area (Å²) in [4.78, 5) is 8.32. The molecule has 1 aliphatic rings. The molecule has 0 saturated carbocycles. The molecule has 0 radical (unpaired) electrons. The van der Waals surface area contributed by atoms with Gasteiger partial charge in [0, 0.05) is 37.5 Å². The third-order valence-corrected chi connectivity index (χ3v) is 5.35. The fourth-order valence-electron chi connectivity index (χ4n) is 2.83. The molecule has 1 aromatic rings. The average Bonchev–Trinajstić information content (AvgIpc) is 2.95. The lowest BCUT2D eigenvalue weighted by atomic mass is 10.1. The second-order valence-electron chi connectivity index (χ2n) is 6.05. The minimum absolute atomic E-state index is 0.518. The van der Waals surface area contributed by atoms with Crippen LogP contribution in [0, 0.1) is 0 Å². The molecule has 0 aromatic carbocycles. The van der Waals surface area contributed by atoms with Gasteiger partial charge >= 0.3 is 0 Å². The number of thiophene rings is 1. The monoisotopic (exact) mass is 322 g/mol. The molecule has 1 aromatic heterocycles. The Morgan fingerprint density at radius 3 is 2.68 bits per heavy atom. The predicted octanol–water partition coefficient (Wildman–Crippen LogP) is 2.89. The maximum Gasteiger partial charge on any atom is 0.191 e. The number of hydrogen-bond donors (Lipinski definition) is 2. The first-order chi connectivity index (χ1) is 10.8. The van der Waals surface area contributed by atoms with E-state index in [9.17, 15) is 0 Å². The maximum absolute atomic E-state index is 4.32. The zero-order valence-corrected chi connectivity index (χ0v) is 14.8.